The molecular weight excluding hydrogens is 1200 g/mol. The van der Waals surface area contributed by atoms with Crippen LogP contribution in [-0.4, -0.2) is 221 Å². The fourth-order valence-electron chi connectivity index (χ4n) is 8.37. The molecule has 2 saturated heterocycles. The Kier molecular flexibility index (Phi) is 24.5. The van der Waals surface area contributed by atoms with E-state index in [1.54, 1.807) is 11.9 Å². The second-order valence-electron chi connectivity index (χ2n) is 17.0. The maximum atomic E-state index is 14.2. The van der Waals surface area contributed by atoms with E-state index in [4.69, 9.17) is 0 Å². The number of piperazine rings is 2. The van der Waals surface area contributed by atoms with Gasteiger partial charge < -0.3 is 39.6 Å². The highest BCUT2D eigenvalue weighted by molar-refractivity contribution is 9.09. The van der Waals surface area contributed by atoms with Crippen LogP contribution in [0.25, 0.3) is 0 Å². The molecule has 0 atom stereocenters. The summed E-state index contributed by atoms with van der Waals surface area (Å²) in [7, 11) is -4.24. The van der Waals surface area contributed by atoms with Crippen molar-refractivity contribution in [3.63, 3.8) is 0 Å². The number of sulfone groups is 2. The van der Waals surface area contributed by atoms with Crippen molar-refractivity contribution in [3.8, 4) is 0 Å². The molecule has 2 amide bonds. The number of hydrogen-bond acceptors (Lipinski definition) is 16. The number of carbonyl (C=O) groups excluding carboxylic acids is 2. The summed E-state index contributed by atoms with van der Waals surface area (Å²) in [6.45, 7) is 12.1. The van der Waals surface area contributed by atoms with Crippen LogP contribution >= 0.6 is 63.7 Å². The first-order valence-electron chi connectivity index (χ1n) is 23.1. The van der Waals surface area contributed by atoms with E-state index in [1.807, 2.05) is 4.90 Å². The summed E-state index contributed by atoms with van der Waals surface area (Å²) in [6, 6.07) is 4.73. The minimum atomic E-state index is -4.06. The smallest absolute Gasteiger partial charge is 0.283 e. The Balaban J connectivity index is 1.36. The summed E-state index contributed by atoms with van der Waals surface area (Å²) in [4.78, 5) is 64.2. The Bertz CT molecular complexity index is 2280. The molecule has 0 saturated carbocycles. The van der Waals surface area contributed by atoms with Crippen molar-refractivity contribution < 1.29 is 36.3 Å². The van der Waals surface area contributed by atoms with Gasteiger partial charge in [0.25, 0.3) is 23.2 Å². The van der Waals surface area contributed by atoms with Gasteiger partial charge in [-0.25, -0.2) is 16.8 Å². The van der Waals surface area contributed by atoms with Crippen molar-refractivity contribution in [3.05, 3.63) is 55.6 Å². The van der Waals surface area contributed by atoms with Gasteiger partial charge in [0.1, 0.15) is 11.1 Å². The number of nitro groups is 2. The van der Waals surface area contributed by atoms with Crippen molar-refractivity contribution in [2.45, 2.75) is 36.0 Å². The van der Waals surface area contributed by atoms with Crippen LogP contribution in [0.15, 0.2) is 34.1 Å². The molecule has 2 fully saturated rings. The van der Waals surface area contributed by atoms with E-state index in [2.05, 4.69) is 95.7 Å². The molecule has 2 aromatic rings. The third-order valence-corrected chi connectivity index (χ3v) is 17.4. The number of halogens is 4. The normalized spacial score (nSPS) is 15.5. The average Bonchev–Trinajstić information content (AvgIpc) is 3.32. The standard InChI is InChI=1S/C43H66Br4N10O10S2/c1-4-68(64,65)40-32-36(56(60)61)34(30-38(40)54(17-8-44)18-9-45)42(58)48-12-5-14-51-25-27-53(28-26-51)16-7-29-69(66,67)41-33-37(57(62)63)35(31-39(41)55(19-10-46)20-11-47)43(59)50(3)13-6-15-52-23-21-49(2)22-24-52/h30-33H,4-29H2,1-3H3,(H,48,58). The minimum Gasteiger partial charge on any atom is -0.369 e. The van der Waals surface area contributed by atoms with Crippen LogP contribution in [0.1, 0.15) is 46.9 Å². The first-order chi connectivity index (χ1) is 32.8. The molecule has 388 valence electrons. The van der Waals surface area contributed by atoms with Gasteiger partial charge in [-0.2, -0.15) is 0 Å². The van der Waals surface area contributed by atoms with E-state index >= 15 is 0 Å². The molecule has 0 radical (unpaired) electrons. The summed E-state index contributed by atoms with van der Waals surface area (Å²) >= 11 is 13.7. The fraction of sp³-hybridized carbons (Fsp3) is 0.674. The topological polar surface area (TPSA) is 223 Å². The van der Waals surface area contributed by atoms with Crippen LogP contribution in [-0.2, 0) is 19.7 Å². The summed E-state index contributed by atoms with van der Waals surface area (Å²) in [6.07, 6.45) is 1.51. The van der Waals surface area contributed by atoms with Gasteiger partial charge in [0.15, 0.2) is 19.7 Å². The van der Waals surface area contributed by atoms with Gasteiger partial charge >= 0.3 is 0 Å². The largest absolute Gasteiger partial charge is 0.369 e. The number of likely N-dealkylation sites (N-methyl/N-ethyl adjacent to an activating group) is 1. The first kappa shape index (κ1) is 59.0. The lowest BCUT2D eigenvalue weighted by molar-refractivity contribution is -0.385. The molecule has 1 N–H and O–H groups in total. The molecule has 2 aromatic carbocycles. The monoisotopic (exact) mass is 1260 g/mol. The van der Waals surface area contributed by atoms with Crippen LogP contribution in [0.3, 0.4) is 0 Å². The van der Waals surface area contributed by atoms with Crippen molar-refractivity contribution in [1.82, 2.24) is 29.8 Å². The van der Waals surface area contributed by atoms with Crippen molar-refractivity contribution in [2.24, 2.45) is 0 Å². The van der Waals surface area contributed by atoms with Gasteiger partial charge in [-0.05, 0) is 58.1 Å². The zero-order valence-corrected chi connectivity index (χ0v) is 47.6. The SMILES string of the molecule is CCS(=O)(=O)c1cc([N+](=O)[O-])c(C(=O)NCCCN2CCN(CCCS(=O)(=O)c3cc([N+](=O)[O-])c(C(=O)N(C)CCCN4CCN(C)CC4)cc3N(CCBr)CCBr)CC2)cc1N(CCBr)CCBr. The molecule has 0 unspecified atom stereocenters. The van der Waals surface area contributed by atoms with Crippen LogP contribution < -0.4 is 15.1 Å². The summed E-state index contributed by atoms with van der Waals surface area (Å²) in [5.41, 5.74) is -1.03. The molecule has 2 heterocycles. The van der Waals surface area contributed by atoms with E-state index in [-0.39, 0.29) is 56.8 Å². The zero-order chi connectivity index (χ0) is 50.9. The maximum absolute atomic E-state index is 14.2. The highest BCUT2D eigenvalue weighted by atomic mass is 79.9. The third-order valence-electron chi connectivity index (χ3n) is 12.4. The van der Waals surface area contributed by atoms with E-state index in [0.717, 1.165) is 44.9 Å². The molecule has 2 aliphatic heterocycles. The number of nitrogens with zero attached hydrogens (tertiary/aromatic N) is 9. The summed E-state index contributed by atoms with van der Waals surface area (Å²) in [5.74, 6) is -1.74. The number of nitro benzene ring substituents is 2. The van der Waals surface area contributed by atoms with Crippen LogP contribution in [0.4, 0.5) is 22.7 Å². The van der Waals surface area contributed by atoms with E-state index in [9.17, 15) is 46.7 Å². The van der Waals surface area contributed by atoms with Gasteiger partial charge in [0.2, 0.25) is 0 Å². The number of carbonyl (C=O) groups is 2. The molecule has 2 aliphatic rings. The van der Waals surface area contributed by atoms with Gasteiger partial charge in [-0.1, -0.05) is 70.6 Å². The quantitative estimate of drug-likeness (QED) is 0.0500. The van der Waals surface area contributed by atoms with E-state index < -0.39 is 52.7 Å². The average molecular weight is 1270 g/mol. The van der Waals surface area contributed by atoms with Gasteiger partial charge in [-0.15, -0.1) is 0 Å². The Labute approximate surface area is 440 Å². The number of alkyl halides is 4. The minimum absolute atomic E-state index is 0.154. The lowest BCUT2D eigenvalue weighted by atomic mass is 10.1. The second-order valence-corrected chi connectivity index (χ2v) is 24.5. The lowest BCUT2D eigenvalue weighted by Gasteiger charge is -2.34. The molecule has 0 spiro atoms. The number of rotatable bonds is 29. The van der Waals surface area contributed by atoms with Crippen LogP contribution in [0.5, 0.6) is 0 Å². The molecule has 0 aliphatic carbocycles. The van der Waals surface area contributed by atoms with E-state index in [0.29, 0.717) is 106 Å². The Morgan fingerprint density at radius 2 is 1.06 bits per heavy atom. The Morgan fingerprint density at radius 1 is 0.638 bits per heavy atom. The maximum Gasteiger partial charge on any atom is 0.283 e. The lowest BCUT2D eigenvalue weighted by Crippen LogP contribution is -2.47. The predicted molar refractivity (Wildman–Crippen MR) is 286 cm³/mol. The molecule has 26 heteroatoms. The third kappa shape index (κ3) is 17.0. The predicted octanol–water partition coefficient (Wildman–Crippen LogP) is 4.80. The van der Waals surface area contributed by atoms with Crippen molar-refractivity contribution in [2.75, 3.05) is 168 Å². The summed E-state index contributed by atoms with van der Waals surface area (Å²) < 4.78 is 54.5. The van der Waals surface area contributed by atoms with Crippen LogP contribution in [0, 0.1) is 20.2 Å². The number of benzene rings is 2. The molecule has 0 bridgehead atoms. The van der Waals surface area contributed by atoms with Gasteiger partial charge in [-0.3, -0.25) is 29.8 Å². The molecular formula is C43H66Br4N10O10S2. The highest BCUT2D eigenvalue weighted by Crippen LogP contribution is 2.36. The van der Waals surface area contributed by atoms with Crippen molar-refractivity contribution in [1.29, 1.82) is 0 Å². The van der Waals surface area contributed by atoms with E-state index in [1.165, 1.54) is 24.0 Å². The Morgan fingerprint density at radius 3 is 1.52 bits per heavy atom. The zero-order valence-electron chi connectivity index (χ0n) is 39.6. The molecule has 4 rings (SSSR count). The number of hydrogen-bond donors (Lipinski definition) is 1. The second kappa shape index (κ2) is 28.6. The number of anilines is 2. The fourth-order valence-corrected chi connectivity index (χ4v) is 12.7. The number of amides is 2. The summed E-state index contributed by atoms with van der Waals surface area (Å²) in [5, 5.41) is 29.4. The van der Waals surface area contributed by atoms with Crippen LogP contribution in [0.2, 0.25) is 0 Å². The molecule has 69 heavy (non-hydrogen) atoms. The van der Waals surface area contributed by atoms with Gasteiger partial charge in [0, 0.05) is 132 Å². The Hall–Kier alpha value is -2.56. The first-order valence-corrected chi connectivity index (χ1v) is 30.8. The molecule has 0 aromatic heterocycles. The molecule has 20 nitrogen and oxygen atoms in total. The van der Waals surface area contributed by atoms with Crippen molar-refractivity contribution >= 4 is 118 Å². The number of nitrogens with one attached hydrogen (secondary N) is 1. The highest BCUT2D eigenvalue weighted by Gasteiger charge is 2.33. The van der Waals surface area contributed by atoms with Gasteiger partial charge in [0.05, 0.1) is 42.5 Å².